The van der Waals surface area contributed by atoms with Gasteiger partial charge in [0.1, 0.15) is 6.04 Å². The van der Waals surface area contributed by atoms with Crippen molar-refractivity contribution in [1.82, 2.24) is 10.2 Å². The maximum atomic E-state index is 11.0. The van der Waals surface area contributed by atoms with Crippen LogP contribution in [0.3, 0.4) is 0 Å². The predicted molar refractivity (Wildman–Crippen MR) is 57.1 cm³/mol. The molecule has 0 aliphatic carbocycles. The molecular formula is C10H18N2O4. The highest BCUT2D eigenvalue weighted by Crippen LogP contribution is 2.13. The quantitative estimate of drug-likeness (QED) is 0.652. The number of carboxylic acid groups (broad SMARTS) is 1. The van der Waals surface area contributed by atoms with Crippen molar-refractivity contribution in [2.24, 2.45) is 0 Å². The lowest BCUT2D eigenvalue weighted by Gasteiger charge is -2.23. The number of nitrogens with zero attached hydrogens (tertiary/aromatic N) is 1. The fourth-order valence-corrected chi connectivity index (χ4v) is 1.97. The van der Waals surface area contributed by atoms with Crippen LogP contribution in [0.5, 0.6) is 0 Å². The fourth-order valence-electron chi connectivity index (χ4n) is 1.97. The van der Waals surface area contributed by atoms with Crippen molar-refractivity contribution in [3.63, 3.8) is 0 Å². The highest BCUT2D eigenvalue weighted by Gasteiger charge is 2.32. The SMILES string of the molecule is COCC(C(=O)O)N1CCC(NC(C)=O)C1. The van der Waals surface area contributed by atoms with Gasteiger partial charge in [-0.15, -0.1) is 0 Å². The van der Waals surface area contributed by atoms with Crippen LogP contribution in [0.15, 0.2) is 0 Å². The minimum absolute atomic E-state index is 0.0520. The van der Waals surface area contributed by atoms with E-state index in [4.69, 9.17) is 9.84 Å². The third kappa shape index (κ3) is 3.46. The molecule has 0 bridgehead atoms. The number of hydrogen-bond acceptors (Lipinski definition) is 4. The third-order valence-corrected chi connectivity index (χ3v) is 2.68. The molecule has 2 atom stereocenters. The van der Waals surface area contributed by atoms with Crippen molar-refractivity contribution in [2.75, 3.05) is 26.8 Å². The Kier molecular flexibility index (Phi) is 4.70. The maximum Gasteiger partial charge on any atom is 0.323 e. The number of rotatable bonds is 5. The van der Waals surface area contributed by atoms with Gasteiger partial charge < -0.3 is 15.2 Å². The molecule has 0 spiro atoms. The smallest absolute Gasteiger partial charge is 0.323 e. The minimum Gasteiger partial charge on any atom is -0.480 e. The van der Waals surface area contributed by atoms with Gasteiger partial charge in [0.05, 0.1) is 6.61 Å². The number of carbonyl (C=O) groups excluding carboxylic acids is 1. The summed E-state index contributed by atoms with van der Waals surface area (Å²) in [6, 6.07) is -0.569. The summed E-state index contributed by atoms with van der Waals surface area (Å²) in [4.78, 5) is 23.7. The standard InChI is InChI=1S/C10H18N2O4/c1-7(13)11-8-3-4-12(5-8)9(6-16-2)10(14)15/h8-9H,3-6H2,1-2H3,(H,11,13)(H,14,15). The second-order valence-corrected chi connectivity index (χ2v) is 3.99. The molecule has 0 saturated carbocycles. The third-order valence-electron chi connectivity index (χ3n) is 2.68. The highest BCUT2D eigenvalue weighted by atomic mass is 16.5. The lowest BCUT2D eigenvalue weighted by Crippen LogP contribution is -2.45. The van der Waals surface area contributed by atoms with Gasteiger partial charge in [0.15, 0.2) is 0 Å². The molecular weight excluding hydrogens is 212 g/mol. The Hall–Kier alpha value is -1.14. The summed E-state index contributed by atoms with van der Waals surface area (Å²) >= 11 is 0. The number of ether oxygens (including phenoxy) is 1. The minimum atomic E-state index is -0.884. The largest absolute Gasteiger partial charge is 0.480 e. The Morgan fingerprint density at radius 2 is 2.31 bits per heavy atom. The Morgan fingerprint density at radius 3 is 2.81 bits per heavy atom. The number of methoxy groups -OCH3 is 1. The number of likely N-dealkylation sites (tertiary alicyclic amines) is 1. The van der Waals surface area contributed by atoms with E-state index < -0.39 is 12.0 Å². The van der Waals surface area contributed by atoms with Gasteiger partial charge >= 0.3 is 5.97 Å². The molecule has 2 N–H and O–H groups in total. The molecule has 1 aliphatic heterocycles. The van der Waals surface area contributed by atoms with Crippen LogP contribution in [0.2, 0.25) is 0 Å². The first kappa shape index (κ1) is 12.9. The Balaban J connectivity index is 2.49. The predicted octanol–water partition coefficient (Wildman–Crippen LogP) is -0.704. The van der Waals surface area contributed by atoms with Crippen LogP contribution >= 0.6 is 0 Å². The first-order valence-corrected chi connectivity index (χ1v) is 5.27. The number of amides is 1. The number of aliphatic carboxylic acids is 1. The van der Waals surface area contributed by atoms with Crippen molar-refractivity contribution in [3.05, 3.63) is 0 Å². The monoisotopic (exact) mass is 230 g/mol. The summed E-state index contributed by atoms with van der Waals surface area (Å²) < 4.78 is 4.88. The molecule has 0 aromatic heterocycles. The first-order chi connectivity index (χ1) is 7.54. The van der Waals surface area contributed by atoms with Crippen molar-refractivity contribution >= 4 is 11.9 Å². The summed E-state index contributed by atoms with van der Waals surface area (Å²) in [5, 5.41) is 11.8. The van der Waals surface area contributed by atoms with Gasteiger partial charge in [-0.2, -0.15) is 0 Å². The van der Waals surface area contributed by atoms with E-state index in [-0.39, 0.29) is 18.6 Å². The fraction of sp³-hybridized carbons (Fsp3) is 0.800. The summed E-state index contributed by atoms with van der Waals surface area (Å²) in [6.07, 6.45) is 0.785. The Morgan fingerprint density at radius 1 is 1.62 bits per heavy atom. The second-order valence-electron chi connectivity index (χ2n) is 3.99. The van der Waals surface area contributed by atoms with Gasteiger partial charge in [-0.05, 0) is 6.42 Å². The second kappa shape index (κ2) is 5.81. The van der Waals surface area contributed by atoms with Gasteiger partial charge in [0.2, 0.25) is 5.91 Å². The molecule has 1 amide bonds. The van der Waals surface area contributed by atoms with Gasteiger partial charge in [-0.1, -0.05) is 0 Å². The van der Waals surface area contributed by atoms with E-state index in [0.717, 1.165) is 6.42 Å². The highest BCUT2D eigenvalue weighted by molar-refractivity contribution is 5.74. The Labute approximate surface area is 94.6 Å². The summed E-state index contributed by atoms with van der Waals surface area (Å²) in [5.41, 5.74) is 0. The lowest BCUT2D eigenvalue weighted by atomic mass is 10.2. The zero-order valence-electron chi connectivity index (χ0n) is 9.60. The zero-order chi connectivity index (χ0) is 12.1. The van der Waals surface area contributed by atoms with Crippen LogP contribution in [0.25, 0.3) is 0 Å². The van der Waals surface area contributed by atoms with E-state index in [2.05, 4.69) is 5.32 Å². The molecule has 0 aromatic carbocycles. The van der Waals surface area contributed by atoms with Crippen LogP contribution in [-0.4, -0.2) is 60.8 Å². The van der Waals surface area contributed by atoms with E-state index >= 15 is 0 Å². The molecule has 92 valence electrons. The van der Waals surface area contributed by atoms with Gasteiger partial charge in [0, 0.05) is 33.2 Å². The maximum absolute atomic E-state index is 11.0. The van der Waals surface area contributed by atoms with Crippen molar-refractivity contribution < 1.29 is 19.4 Å². The lowest BCUT2D eigenvalue weighted by molar-refractivity contribution is -0.144. The van der Waals surface area contributed by atoms with Crippen LogP contribution in [0.4, 0.5) is 0 Å². The van der Waals surface area contributed by atoms with Crippen LogP contribution in [0, 0.1) is 0 Å². The zero-order valence-corrected chi connectivity index (χ0v) is 9.60. The molecule has 0 radical (unpaired) electrons. The summed E-state index contributed by atoms with van der Waals surface area (Å²) in [6.45, 7) is 2.87. The molecule has 1 saturated heterocycles. The average molecular weight is 230 g/mol. The number of carboxylic acids is 1. The van der Waals surface area contributed by atoms with Gasteiger partial charge in [0.25, 0.3) is 0 Å². The molecule has 2 unspecified atom stereocenters. The van der Waals surface area contributed by atoms with E-state index in [1.54, 1.807) is 0 Å². The van der Waals surface area contributed by atoms with E-state index in [0.29, 0.717) is 13.1 Å². The van der Waals surface area contributed by atoms with E-state index in [1.807, 2.05) is 4.90 Å². The molecule has 1 rings (SSSR count). The molecule has 1 fully saturated rings. The Bertz CT molecular complexity index is 270. The molecule has 16 heavy (non-hydrogen) atoms. The summed E-state index contributed by atoms with van der Waals surface area (Å²) in [7, 11) is 1.48. The molecule has 6 heteroatoms. The van der Waals surface area contributed by atoms with Crippen molar-refractivity contribution in [1.29, 1.82) is 0 Å². The molecule has 0 aromatic rings. The van der Waals surface area contributed by atoms with E-state index in [1.165, 1.54) is 14.0 Å². The summed E-state index contributed by atoms with van der Waals surface area (Å²) in [5.74, 6) is -0.962. The molecule has 1 aliphatic rings. The van der Waals surface area contributed by atoms with E-state index in [9.17, 15) is 9.59 Å². The van der Waals surface area contributed by atoms with Crippen LogP contribution in [-0.2, 0) is 14.3 Å². The van der Waals surface area contributed by atoms with Gasteiger partial charge in [-0.3, -0.25) is 14.5 Å². The topological polar surface area (TPSA) is 78.9 Å². The molecule has 1 heterocycles. The van der Waals surface area contributed by atoms with Crippen molar-refractivity contribution in [2.45, 2.75) is 25.4 Å². The van der Waals surface area contributed by atoms with Crippen molar-refractivity contribution in [3.8, 4) is 0 Å². The number of nitrogens with one attached hydrogen (secondary N) is 1. The number of hydrogen-bond donors (Lipinski definition) is 2. The first-order valence-electron chi connectivity index (χ1n) is 5.27. The normalized spacial score (nSPS) is 23.0. The van der Waals surface area contributed by atoms with Crippen LogP contribution in [0.1, 0.15) is 13.3 Å². The number of carbonyl (C=O) groups is 2. The van der Waals surface area contributed by atoms with Crippen LogP contribution < -0.4 is 5.32 Å². The average Bonchev–Trinajstić information content (AvgIpc) is 2.60. The molecule has 6 nitrogen and oxygen atoms in total. The van der Waals surface area contributed by atoms with Gasteiger partial charge in [-0.25, -0.2) is 0 Å².